The van der Waals surface area contributed by atoms with E-state index in [0.29, 0.717) is 25.4 Å². The van der Waals surface area contributed by atoms with Crippen molar-refractivity contribution in [1.82, 2.24) is 15.1 Å². The Morgan fingerprint density at radius 2 is 1.93 bits per heavy atom. The van der Waals surface area contributed by atoms with Crippen molar-refractivity contribution in [2.24, 2.45) is 0 Å². The zero-order valence-corrected chi connectivity index (χ0v) is 17.0. The first-order valence-corrected chi connectivity index (χ1v) is 10.3. The Labute approximate surface area is 172 Å². The first-order chi connectivity index (χ1) is 14.2. The number of carbonyl (C=O) groups is 1. The van der Waals surface area contributed by atoms with Gasteiger partial charge >= 0.3 is 0 Å². The van der Waals surface area contributed by atoms with Gasteiger partial charge in [0.2, 0.25) is 12.7 Å². The van der Waals surface area contributed by atoms with Crippen LogP contribution in [0.15, 0.2) is 48.5 Å². The van der Waals surface area contributed by atoms with Crippen LogP contribution in [0.1, 0.15) is 23.6 Å². The maximum Gasteiger partial charge on any atom is 0.231 e. The molecular formula is C23H29N3O3. The van der Waals surface area contributed by atoms with E-state index in [2.05, 4.69) is 52.5 Å². The lowest BCUT2D eigenvalue weighted by Gasteiger charge is -2.40. The topological polar surface area (TPSA) is 54.0 Å². The summed E-state index contributed by atoms with van der Waals surface area (Å²) in [5, 5.41) is 3.09. The van der Waals surface area contributed by atoms with Crippen molar-refractivity contribution < 1.29 is 14.3 Å². The quantitative estimate of drug-likeness (QED) is 0.781. The van der Waals surface area contributed by atoms with Crippen LogP contribution in [0.25, 0.3) is 0 Å². The Bertz CT molecular complexity index is 827. The van der Waals surface area contributed by atoms with Crippen molar-refractivity contribution >= 4 is 5.91 Å². The number of rotatable bonds is 7. The number of aryl methyl sites for hydroxylation is 1. The predicted octanol–water partition coefficient (Wildman–Crippen LogP) is 2.45. The lowest BCUT2D eigenvalue weighted by atomic mass is 10.0. The molecule has 1 N–H and O–H groups in total. The highest BCUT2D eigenvalue weighted by atomic mass is 16.7. The van der Waals surface area contributed by atoms with E-state index < -0.39 is 0 Å². The molecule has 2 aliphatic heterocycles. The van der Waals surface area contributed by atoms with Crippen molar-refractivity contribution in [3.63, 3.8) is 0 Å². The molecule has 2 heterocycles. The second kappa shape index (κ2) is 9.29. The molecule has 0 saturated carbocycles. The molecule has 6 nitrogen and oxygen atoms in total. The molecule has 29 heavy (non-hydrogen) atoms. The highest BCUT2D eigenvalue weighted by Gasteiger charge is 2.26. The lowest BCUT2D eigenvalue weighted by Crippen LogP contribution is -2.49. The molecular weight excluding hydrogens is 366 g/mol. The minimum Gasteiger partial charge on any atom is -0.454 e. The van der Waals surface area contributed by atoms with Gasteiger partial charge < -0.3 is 19.7 Å². The van der Waals surface area contributed by atoms with E-state index in [9.17, 15) is 4.79 Å². The summed E-state index contributed by atoms with van der Waals surface area (Å²) in [5.74, 6) is 1.64. The smallest absolute Gasteiger partial charge is 0.231 e. The van der Waals surface area contributed by atoms with Crippen LogP contribution in [-0.4, -0.2) is 62.3 Å². The molecule has 4 rings (SSSR count). The molecule has 6 heteroatoms. The fraction of sp³-hybridized carbons (Fsp3) is 0.435. The molecule has 0 bridgehead atoms. The minimum absolute atomic E-state index is 0.0908. The summed E-state index contributed by atoms with van der Waals surface area (Å²) < 4.78 is 10.7. The van der Waals surface area contributed by atoms with E-state index >= 15 is 0 Å². The molecule has 0 aromatic heterocycles. The minimum atomic E-state index is 0.0908. The molecule has 0 aliphatic carbocycles. The largest absolute Gasteiger partial charge is 0.454 e. The normalized spacial score (nSPS) is 19.3. The van der Waals surface area contributed by atoms with Crippen LogP contribution in [0, 0.1) is 0 Å². The second-order valence-electron chi connectivity index (χ2n) is 7.76. The summed E-state index contributed by atoms with van der Waals surface area (Å²) in [7, 11) is 2.17. The van der Waals surface area contributed by atoms with Gasteiger partial charge in [-0.05, 0) is 36.7 Å². The number of likely N-dealkylation sites (N-methyl/N-ethyl adjacent to an activating group) is 1. The Morgan fingerprint density at radius 1 is 1.10 bits per heavy atom. The van der Waals surface area contributed by atoms with Crippen LogP contribution in [0.3, 0.4) is 0 Å². The Hall–Kier alpha value is -2.57. The van der Waals surface area contributed by atoms with Crippen LogP contribution in [0.2, 0.25) is 0 Å². The maximum absolute atomic E-state index is 12.3. The highest BCUT2D eigenvalue weighted by molar-refractivity contribution is 5.76. The van der Waals surface area contributed by atoms with Crippen molar-refractivity contribution in [2.45, 2.75) is 18.9 Å². The summed E-state index contributed by atoms with van der Waals surface area (Å²) in [6, 6.07) is 16.9. The van der Waals surface area contributed by atoms with Gasteiger partial charge in [-0.1, -0.05) is 36.4 Å². The van der Waals surface area contributed by atoms with Gasteiger partial charge in [0.05, 0.1) is 0 Å². The van der Waals surface area contributed by atoms with Crippen LogP contribution in [0.5, 0.6) is 11.5 Å². The van der Waals surface area contributed by atoms with Crippen molar-refractivity contribution in [1.29, 1.82) is 0 Å². The number of hydrogen-bond acceptors (Lipinski definition) is 5. The Kier molecular flexibility index (Phi) is 6.32. The number of piperazine rings is 1. The fourth-order valence-corrected chi connectivity index (χ4v) is 4.00. The van der Waals surface area contributed by atoms with Crippen LogP contribution in [0.4, 0.5) is 0 Å². The van der Waals surface area contributed by atoms with Gasteiger partial charge in [0, 0.05) is 45.2 Å². The number of ether oxygens (including phenoxy) is 2. The standard InChI is InChI=1S/C23H29N3O3/c1-25-13-14-26(20(16-25)19-5-3-2-4-6-19)12-11-24-23(27)10-8-18-7-9-21-22(15-18)29-17-28-21/h2-7,9,15,20H,8,10-14,16-17H2,1H3,(H,24,27). The molecule has 1 fully saturated rings. The van der Waals surface area contributed by atoms with Gasteiger partial charge in [-0.15, -0.1) is 0 Å². The Morgan fingerprint density at radius 3 is 2.79 bits per heavy atom. The SMILES string of the molecule is CN1CCN(CCNC(=O)CCc2ccc3c(c2)OCO3)C(c2ccccc2)C1. The number of fused-ring (bicyclic) bond motifs is 1. The summed E-state index contributed by atoms with van der Waals surface area (Å²) in [5.41, 5.74) is 2.43. The lowest BCUT2D eigenvalue weighted by molar-refractivity contribution is -0.121. The van der Waals surface area contributed by atoms with Crippen LogP contribution >= 0.6 is 0 Å². The highest BCUT2D eigenvalue weighted by Crippen LogP contribution is 2.32. The van der Waals surface area contributed by atoms with Crippen molar-refractivity contribution in [2.75, 3.05) is 46.6 Å². The summed E-state index contributed by atoms with van der Waals surface area (Å²) >= 11 is 0. The average molecular weight is 396 g/mol. The molecule has 0 radical (unpaired) electrons. The number of benzene rings is 2. The van der Waals surface area contributed by atoms with E-state index in [0.717, 1.165) is 43.2 Å². The number of nitrogens with one attached hydrogen (secondary N) is 1. The molecule has 1 unspecified atom stereocenters. The van der Waals surface area contributed by atoms with E-state index in [-0.39, 0.29) is 12.7 Å². The molecule has 1 amide bonds. The first kappa shape index (κ1) is 19.7. The Balaban J connectivity index is 1.24. The molecule has 2 aliphatic rings. The molecule has 2 aromatic carbocycles. The van der Waals surface area contributed by atoms with Gasteiger partial charge in [-0.3, -0.25) is 9.69 Å². The predicted molar refractivity (Wildman–Crippen MR) is 112 cm³/mol. The van der Waals surface area contributed by atoms with Gasteiger partial charge in [0.1, 0.15) is 0 Å². The molecule has 1 atom stereocenters. The van der Waals surface area contributed by atoms with E-state index in [4.69, 9.17) is 9.47 Å². The van der Waals surface area contributed by atoms with Gasteiger partial charge in [-0.25, -0.2) is 0 Å². The molecule has 2 aromatic rings. The third-order valence-corrected chi connectivity index (χ3v) is 5.68. The summed E-state index contributed by atoms with van der Waals surface area (Å²) in [4.78, 5) is 17.2. The van der Waals surface area contributed by atoms with Gasteiger partial charge in [0.25, 0.3) is 0 Å². The van der Waals surface area contributed by atoms with Crippen LogP contribution in [-0.2, 0) is 11.2 Å². The molecule has 1 saturated heterocycles. The fourth-order valence-electron chi connectivity index (χ4n) is 4.00. The average Bonchev–Trinajstić information content (AvgIpc) is 3.22. The number of carbonyl (C=O) groups excluding carboxylic acids is 1. The van der Waals surface area contributed by atoms with Crippen molar-refractivity contribution in [3.05, 3.63) is 59.7 Å². The monoisotopic (exact) mass is 395 g/mol. The van der Waals surface area contributed by atoms with E-state index in [1.165, 1.54) is 5.56 Å². The van der Waals surface area contributed by atoms with Crippen LogP contribution < -0.4 is 14.8 Å². The van der Waals surface area contributed by atoms with Gasteiger partial charge in [-0.2, -0.15) is 0 Å². The number of hydrogen-bond donors (Lipinski definition) is 1. The first-order valence-electron chi connectivity index (χ1n) is 10.3. The third-order valence-electron chi connectivity index (χ3n) is 5.68. The maximum atomic E-state index is 12.3. The van der Waals surface area contributed by atoms with E-state index in [1.54, 1.807) is 0 Å². The molecule has 0 spiro atoms. The summed E-state index contributed by atoms with van der Waals surface area (Å²) in [6.07, 6.45) is 1.17. The number of amides is 1. The van der Waals surface area contributed by atoms with Gasteiger partial charge in [0.15, 0.2) is 11.5 Å². The zero-order chi connectivity index (χ0) is 20.1. The second-order valence-corrected chi connectivity index (χ2v) is 7.76. The van der Waals surface area contributed by atoms with Crippen molar-refractivity contribution in [3.8, 4) is 11.5 Å². The third kappa shape index (κ3) is 5.08. The zero-order valence-electron chi connectivity index (χ0n) is 17.0. The van der Waals surface area contributed by atoms with E-state index in [1.807, 2.05) is 18.2 Å². The number of nitrogens with zero attached hydrogens (tertiary/aromatic N) is 2. The molecule has 154 valence electrons. The summed E-state index contributed by atoms with van der Waals surface area (Å²) in [6.45, 7) is 4.90.